The van der Waals surface area contributed by atoms with E-state index in [0.29, 0.717) is 25.6 Å². The van der Waals surface area contributed by atoms with Gasteiger partial charge in [-0.05, 0) is 55.8 Å². The number of likely N-dealkylation sites (tertiary alicyclic amines) is 1. The van der Waals surface area contributed by atoms with Crippen molar-refractivity contribution in [2.45, 2.75) is 164 Å². The predicted molar refractivity (Wildman–Crippen MR) is 204 cm³/mol. The Labute approximate surface area is 302 Å². The Morgan fingerprint density at radius 3 is 2.16 bits per heavy atom. The monoisotopic (exact) mass is 710 g/mol. The van der Waals surface area contributed by atoms with Crippen LogP contribution < -0.4 is 16.4 Å². The number of anilines is 1. The summed E-state index contributed by atoms with van der Waals surface area (Å²) in [7, 11) is 0. The zero-order valence-electron chi connectivity index (χ0n) is 32.8. The number of alkyl halides is 3. The lowest BCUT2D eigenvalue weighted by Gasteiger charge is -2.32. The molecule has 1 saturated carbocycles. The zero-order valence-corrected chi connectivity index (χ0v) is 32.8. The summed E-state index contributed by atoms with van der Waals surface area (Å²) in [6.45, 7) is 20.3. The Kier molecular flexibility index (Phi) is 21.3. The van der Waals surface area contributed by atoms with Crippen LogP contribution in [0.25, 0.3) is 0 Å². The van der Waals surface area contributed by atoms with Crippen LogP contribution in [-0.2, 0) is 11.0 Å². The zero-order chi connectivity index (χ0) is 37.7. The average molecular weight is 710 g/mol. The van der Waals surface area contributed by atoms with Crippen LogP contribution in [0.4, 0.5) is 24.9 Å². The molecule has 2 heterocycles. The molecule has 50 heavy (non-hydrogen) atoms. The van der Waals surface area contributed by atoms with E-state index in [1.165, 1.54) is 25.7 Å². The minimum Gasteiger partial charge on any atom is -0.388 e. The van der Waals surface area contributed by atoms with Gasteiger partial charge >= 0.3 is 6.18 Å². The summed E-state index contributed by atoms with van der Waals surface area (Å²) in [5, 5.41) is 6.35. The molecular weight excluding hydrogens is 639 g/mol. The second kappa shape index (κ2) is 23.6. The molecule has 1 aromatic heterocycles. The molecule has 0 atom stereocenters. The molecule has 2 fully saturated rings. The van der Waals surface area contributed by atoms with Crippen LogP contribution in [0.2, 0.25) is 0 Å². The molecule has 0 spiro atoms. The SMILES string of the molecule is CC.CCCC(C)CCC.CCCC(CCC)N/C=C(\C(N)=N\c1ncc(C(F)(F)F)c(NCC(C)(C)CN2CCCCCC2=O)n1)C1CC1. The number of carbonyl (C=O) groups is 1. The summed E-state index contributed by atoms with van der Waals surface area (Å²) in [6, 6.07) is 0.336. The van der Waals surface area contributed by atoms with Gasteiger partial charge in [0, 0.05) is 50.1 Å². The number of hydrogen-bond acceptors (Lipinski definition) is 6. The van der Waals surface area contributed by atoms with Gasteiger partial charge in [-0.1, -0.05) is 107 Å². The van der Waals surface area contributed by atoms with E-state index in [2.05, 4.69) is 60.2 Å². The summed E-state index contributed by atoms with van der Waals surface area (Å²) in [4.78, 5) is 26.6. The number of halogens is 3. The molecule has 3 rings (SSSR count). The third-order valence-corrected chi connectivity index (χ3v) is 8.95. The van der Waals surface area contributed by atoms with Crippen molar-refractivity contribution in [1.82, 2.24) is 20.2 Å². The molecule has 4 N–H and O–H groups in total. The van der Waals surface area contributed by atoms with E-state index in [0.717, 1.165) is 75.5 Å². The van der Waals surface area contributed by atoms with Crippen molar-refractivity contribution in [1.29, 1.82) is 0 Å². The largest absolute Gasteiger partial charge is 0.421 e. The number of amidine groups is 1. The molecule has 288 valence electrons. The van der Waals surface area contributed by atoms with Crippen molar-refractivity contribution in [3.05, 3.63) is 23.5 Å². The predicted octanol–water partition coefficient (Wildman–Crippen LogP) is 10.4. The Morgan fingerprint density at radius 2 is 1.62 bits per heavy atom. The molecule has 0 aromatic carbocycles. The summed E-state index contributed by atoms with van der Waals surface area (Å²) >= 11 is 0. The first-order valence-corrected chi connectivity index (χ1v) is 19.5. The van der Waals surface area contributed by atoms with Crippen LogP contribution in [0.3, 0.4) is 0 Å². The van der Waals surface area contributed by atoms with E-state index in [9.17, 15) is 18.0 Å². The first-order valence-electron chi connectivity index (χ1n) is 19.5. The van der Waals surface area contributed by atoms with Gasteiger partial charge < -0.3 is 21.3 Å². The van der Waals surface area contributed by atoms with Gasteiger partial charge in [-0.25, -0.2) is 4.98 Å². The van der Waals surface area contributed by atoms with Crippen LogP contribution in [-0.4, -0.2) is 52.3 Å². The summed E-state index contributed by atoms with van der Waals surface area (Å²) < 4.78 is 41.5. The fraction of sp³-hybridized carbons (Fsp3) is 0.795. The number of aliphatic imine (C=N–C) groups is 1. The van der Waals surface area contributed by atoms with Gasteiger partial charge in [-0.15, -0.1) is 0 Å². The van der Waals surface area contributed by atoms with Gasteiger partial charge in [0.2, 0.25) is 5.91 Å². The number of nitrogens with one attached hydrogen (secondary N) is 2. The molecule has 0 bridgehead atoms. The number of amides is 1. The smallest absolute Gasteiger partial charge is 0.388 e. The van der Waals surface area contributed by atoms with Crippen LogP contribution in [0, 0.1) is 17.3 Å². The standard InChI is InChI=1S/C29H46F3N7O.C8H18.C2H6/c1-5-10-21(11-6-2)34-16-22(20-13-14-20)25(33)37-27-35-17-23(29(30,31)32)26(38-27)36-18-28(3,4)19-39-15-9-7-8-12-24(39)40;1-4-6-8(3)7-5-2;1-2/h16-17,20-21,34H,5-15,18-19H2,1-4H3,(H3,33,35,36,37,38);8H,4-7H2,1-3H3;1-2H3/b22-16-;;. The minimum atomic E-state index is -4.64. The number of aromatic nitrogens is 2. The molecule has 1 saturated heterocycles. The Balaban J connectivity index is 0.00000110. The van der Waals surface area contributed by atoms with Crippen molar-refractivity contribution in [3.63, 3.8) is 0 Å². The van der Waals surface area contributed by atoms with Crippen LogP contribution in [0.15, 0.2) is 23.0 Å². The van der Waals surface area contributed by atoms with Gasteiger partial charge in [-0.3, -0.25) is 4.79 Å². The lowest BCUT2D eigenvalue weighted by atomic mass is 9.92. The molecule has 0 radical (unpaired) electrons. The van der Waals surface area contributed by atoms with E-state index >= 15 is 0 Å². The van der Waals surface area contributed by atoms with Gasteiger partial charge in [0.1, 0.15) is 17.2 Å². The molecule has 8 nitrogen and oxygen atoms in total. The van der Waals surface area contributed by atoms with Crippen molar-refractivity contribution in [2.24, 2.45) is 28.0 Å². The first-order chi connectivity index (χ1) is 23.7. The number of nitrogens with two attached hydrogens (primary N) is 1. The normalized spacial score (nSPS) is 16.0. The highest BCUT2D eigenvalue weighted by atomic mass is 19.4. The number of carbonyl (C=O) groups excluding carboxylic acids is 1. The number of hydrogen-bond donors (Lipinski definition) is 3. The van der Waals surface area contributed by atoms with Crippen molar-refractivity contribution in [2.75, 3.05) is 25.0 Å². The lowest BCUT2D eigenvalue weighted by Crippen LogP contribution is -2.41. The topological polar surface area (TPSA) is 109 Å². The second-order valence-electron chi connectivity index (χ2n) is 14.6. The Bertz CT molecular complexity index is 1150. The first kappa shape index (κ1) is 45.2. The molecular formula is C39H70F3N7O. The highest BCUT2D eigenvalue weighted by Crippen LogP contribution is 2.37. The van der Waals surface area contributed by atoms with Crippen molar-refractivity contribution in [3.8, 4) is 0 Å². The maximum atomic E-state index is 13.8. The van der Waals surface area contributed by atoms with E-state index < -0.39 is 17.2 Å². The third-order valence-electron chi connectivity index (χ3n) is 8.95. The van der Waals surface area contributed by atoms with Gasteiger partial charge in [0.05, 0.1) is 0 Å². The maximum Gasteiger partial charge on any atom is 0.421 e. The molecule has 1 aliphatic heterocycles. The van der Waals surface area contributed by atoms with E-state index in [4.69, 9.17) is 5.73 Å². The third kappa shape index (κ3) is 17.4. The molecule has 1 aliphatic carbocycles. The quantitative estimate of drug-likeness (QED) is 0.103. The number of rotatable bonds is 18. The lowest BCUT2D eigenvalue weighted by molar-refractivity contribution is -0.137. The van der Waals surface area contributed by atoms with E-state index in [-0.39, 0.29) is 36.0 Å². The summed E-state index contributed by atoms with van der Waals surface area (Å²) in [5.41, 5.74) is 5.75. The molecule has 1 aromatic rings. The number of nitrogens with zero attached hydrogens (tertiary/aromatic N) is 4. The summed E-state index contributed by atoms with van der Waals surface area (Å²) in [5.74, 6) is 1.08. The van der Waals surface area contributed by atoms with E-state index in [1.54, 1.807) is 0 Å². The highest BCUT2D eigenvalue weighted by molar-refractivity contribution is 5.99. The fourth-order valence-corrected chi connectivity index (χ4v) is 6.18. The molecule has 2 aliphatic rings. The molecule has 1 amide bonds. The average Bonchev–Trinajstić information content (AvgIpc) is 3.91. The molecule has 0 unspecified atom stereocenters. The van der Waals surface area contributed by atoms with Gasteiger partial charge in [0.15, 0.2) is 0 Å². The van der Waals surface area contributed by atoms with Gasteiger partial charge in [0.25, 0.3) is 5.95 Å². The minimum absolute atomic E-state index is 0.0976. The highest BCUT2D eigenvalue weighted by Gasteiger charge is 2.36. The van der Waals surface area contributed by atoms with Crippen molar-refractivity contribution < 1.29 is 18.0 Å². The van der Waals surface area contributed by atoms with Gasteiger partial charge in [-0.2, -0.15) is 23.1 Å². The second-order valence-corrected chi connectivity index (χ2v) is 14.6. The van der Waals surface area contributed by atoms with E-state index in [1.807, 2.05) is 38.8 Å². The summed E-state index contributed by atoms with van der Waals surface area (Å²) in [6.07, 6.45) is 13.1. The Morgan fingerprint density at radius 1 is 1.02 bits per heavy atom. The van der Waals surface area contributed by atoms with Crippen LogP contribution >= 0.6 is 0 Å². The molecule has 11 heteroatoms. The maximum absolute atomic E-state index is 13.8. The van der Waals surface area contributed by atoms with Crippen LogP contribution in [0.5, 0.6) is 0 Å². The fourth-order valence-electron chi connectivity index (χ4n) is 6.18. The Hall–Kier alpha value is -2.85. The van der Waals surface area contributed by atoms with Crippen LogP contribution in [0.1, 0.15) is 158 Å². The van der Waals surface area contributed by atoms with Crippen molar-refractivity contribution >= 4 is 23.5 Å².